The fourth-order valence-electron chi connectivity index (χ4n) is 2.73. The smallest absolute Gasteiger partial charge is 0.0701 e. The molecule has 11 heavy (non-hydrogen) atoms. The third-order valence-corrected chi connectivity index (χ3v) is 3.72. The Labute approximate surface area is 68.8 Å². The van der Waals surface area contributed by atoms with Gasteiger partial charge in [0.1, 0.15) is 0 Å². The Balaban J connectivity index is 2.11. The first-order valence-electron chi connectivity index (χ1n) is 4.87. The van der Waals surface area contributed by atoms with Gasteiger partial charge in [0.05, 0.1) is 5.60 Å². The molecule has 0 aromatic rings. The largest absolute Gasteiger partial charge is 0.389 e. The van der Waals surface area contributed by atoms with Gasteiger partial charge in [0, 0.05) is 0 Å². The Bertz CT molecular complexity index is 164. The maximum Gasteiger partial charge on any atom is 0.0701 e. The van der Waals surface area contributed by atoms with Gasteiger partial charge in [0.25, 0.3) is 0 Å². The zero-order chi connectivity index (χ0) is 8.06. The molecule has 64 valence electrons. The molecule has 0 aliphatic heterocycles. The Morgan fingerprint density at radius 1 is 1.45 bits per heavy atom. The summed E-state index contributed by atoms with van der Waals surface area (Å²) in [5, 5.41) is 10.3. The quantitative estimate of drug-likeness (QED) is 0.614. The number of aliphatic hydroxyl groups is 1. The van der Waals surface area contributed by atoms with Crippen molar-refractivity contribution >= 4 is 0 Å². The zero-order valence-corrected chi connectivity index (χ0v) is 7.51. The van der Waals surface area contributed by atoms with Gasteiger partial charge in [-0.2, -0.15) is 0 Å². The first-order valence-corrected chi connectivity index (χ1v) is 4.87. The number of fused-ring (bicyclic) bond motifs is 1. The molecule has 2 aliphatic carbocycles. The van der Waals surface area contributed by atoms with E-state index < -0.39 is 0 Å². The van der Waals surface area contributed by atoms with E-state index in [1.54, 1.807) is 0 Å². The van der Waals surface area contributed by atoms with Crippen molar-refractivity contribution in [2.24, 2.45) is 17.8 Å². The van der Waals surface area contributed by atoms with Crippen LogP contribution in [0.25, 0.3) is 0 Å². The molecular formula is C10H18O. The molecular weight excluding hydrogens is 136 g/mol. The van der Waals surface area contributed by atoms with E-state index in [0.717, 1.165) is 12.3 Å². The third-order valence-electron chi connectivity index (χ3n) is 3.72. The topological polar surface area (TPSA) is 20.2 Å². The van der Waals surface area contributed by atoms with Crippen molar-refractivity contribution in [1.82, 2.24) is 0 Å². The van der Waals surface area contributed by atoms with E-state index in [4.69, 9.17) is 0 Å². The minimum Gasteiger partial charge on any atom is -0.389 e. The van der Waals surface area contributed by atoms with Crippen molar-refractivity contribution in [1.29, 1.82) is 0 Å². The van der Waals surface area contributed by atoms with Gasteiger partial charge in [-0.3, -0.25) is 0 Å². The first kappa shape index (κ1) is 7.60. The average Bonchev–Trinajstić information content (AvgIpc) is 2.67. The molecule has 0 aromatic carbocycles. The van der Waals surface area contributed by atoms with Crippen LogP contribution in [0.4, 0.5) is 0 Å². The van der Waals surface area contributed by atoms with Gasteiger partial charge in [-0.25, -0.2) is 0 Å². The highest BCUT2D eigenvalue weighted by Gasteiger charge is 2.55. The lowest BCUT2D eigenvalue weighted by atomic mass is 9.77. The van der Waals surface area contributed by atoms with E-state index >= 15 is 0 Å². The van der Waals surface area contributed by atoms with Crippen LogP contribution < -0.4 is 0 Å². The van der Waals surface area contributed by atoms with Crippen LogP contribution in [0, 0.1) is 17.8 Å². The third kappa shape index (κ3) is 1.01. The second-order valence-corrected chi connectivity index (χ2v) is 4.64. The molecule has 2 fully saturated rings. The number of hydrogen-bond donors (Lipinski definition) is 1. The van der Waals surface area contributed by atoms with Crippen molar-refractivity contribution in [2.75, 3.05) is 0 Å². The highest BCUT2D eigenvalue weighted by molar-refractivity contribution is 5.05. The molecule has 0 radical (unpaired) electrons. The normalized spacial score (nSPS) is 49.1. The monoisotopic (exact) mass is 154 g/mol. The van der Waals surface area contributed by atoms with Crippen LogP contribution in [0.15, 0.2) is 0 Å². The van der Waals surface area contributed by atoms with Gasteiger partial charge in [-0.1, -0.05) is 20.3 Å². The Morgan fingerprint density at radius 3 is 2.73 bits per heavy atom. The first-order chi connectivity index (χ1) is 5.14. The number of rotatable bonds is 1. The van der Waals surface area contributed by atoms with Crippen LogP contribution in [0.5, 0.6) is 0 Å². The predicted octanol–water partition coefficient (Wildman–Crippen LogP) is 2.19. The molecule has 3 unspecified atom stereocenters. The van der Waals surface area contributed by atoms with Crippen molar-refractivity contribution in [3.05, 3.63) is 0 Å². The fraction of sp³-hybridized carbons (Fsp3) is 1.00. The highest BCUT2D eigenvalue weighted by atomic mass is 16.3. The fourth-order valence-corrected chi connectivity index (χ4v) is 2.73. The summed E-state index contributed by atoms with van der Waals surface area (Å²) in [5.41, 5.74) is -0.289. The van der Waals surface area contributed by atoms with E-state index in [1.807, 2.05) is 0 Å². The molecule has 0 bridgehead atoms. The van der Waals surface area contributed by atoms with Gasteiger partial charge in [-0.15, -0.1) is 0 Å². The summed E-state index contributed by atoms with van der Waals surface area (Å²) in [4.78, 5) is 0. The summed E-state index contributed by atoms with van der Waals surface area (Å²) in [6, 6.07) is 0. The molecule has 2 saturated carbocycles. The second kappa shape index (κ2) is 2.22. The van der Waals surface area contributed by atoms with Crippen molar-refractivity contribution < 1.29 is 5.11 Å². The summed E-state index contributed by atoms with van der Waals surface area (Å²) in [7, 11) is 0. The summed E-state index contributed by atoms with van der Waals surface area (Å²) < 4.78 is 0. The second-order valence-electron chi connectivity index (χ2n) is 4.64. The minimum atomic E-state index is -0.289. The van der Waals surface area contributed by atoms with Crippen LogP contribution in [-0.4, -0.2) is 10.7 Å². The van der Waals surface area contributed by atoms with E-state index in [2.05, 4.69) is 13.8 Å². The summed E-state index contributed by atoms with van der Waals surface area (Å²) in [6.07, 6.45) is 4.97. The van der Waals surface area contributed by atoms with Crippen LogP contribution in [0.3, 0.4) is 0 Å². The molecule has 1 N–H and O–H groups in total. The number of hydrogen-bond acceptors (Lipinski definition) is 1. The standard InChI is InChI=1S/C10H18O/c1-7(2)10(11)5-3-4-8-6-9(8)10/h7-9,11H,3-6H2,1-2H3. The zero-order valence-electron chi connectivity index (χ0n) is 7.51. The van der Waals surface area contributed by atoms with Gasteiger partial charge in [0.2, 0.25) is 0 Å². The highest BCUT2D eigenvalue weighted by Crippen LogP contribution is 2.57. The maximum atomic E-state index is 10.3. The lowest BCUT2D eigenvalue weighted by molar-refractivity contribution is -0.0510. The molecule has 0 saturated heterocycles. The summed E-state index contributed by atoms with van der Waals surface area (Å²) >= 11 is 0. The molecule has 2 aliphatic rings. The molecule has 0 spiro atoms. The maximum absolute atomic E-state index is 10.3. The molecule has 0 amide bonds. The van der Waals surface area contributed by atoms with Crippen LogP contribution in [-0.2, 0) is 0 Å². The van der Waals surface area contributed by atoms with Gasteiger partial charge < -0.3 is 5.11 Å². The Morgan fingerprint density at radius 2 is 2.18 bits per heavy atom. The Hall–Kier alpha value is -0.0400. The molecule has 1 heteroatoms. The van der Waals surface area contributed by atoms with Crippen molar-refractivity contribution in [3.63, 3.8) is 0 Å². The molecule has 0 aromatic heterocycles. The van der Waals surface area contributed by atoms with E-state index in [-0.39, 0.29) is 5.60 Å². The van der Waals surface area contributed by atoms with Crippen molar-refractivity contribution in [2.45, 2.75) is 45.1 Å². The average molecular weight is 154 g/mol. The minimum absolute atomic E-state index is 0.289. The van der Waals surface area contributed by atoms with Crippen LogP contribution in [0.2, 0.25) is 0 Å². The molecule has 1 nitrogen and oxygen atoms in total. The van der Waals surface area contributed by atoms with E-state index in [0.29, 0.717) is 11.8 Å². The van der Waals surface area contributed by atoms with Gasteiger partial charge in [-0.05, 0) is 37.0 Å². The van der Waals surface area contributed by atoms with E-state index in [9.17, 15) is 5.11 Å². The summed E-state index contributed by atoms with van der Waals surface area (Å²) in [5.74, 6) is 2.00. The lowest BCUT2D eigenvalue weighted by Crippen LogP contribution is -2.40. The summed E-state index contributed by atoms with van der Waals surface area (Å²) in [6.45, 7) is 4.31. The SMILES string of the molecule is CC(C)C1(O)CCCC2CC21. The Kier molecular flexibility index (Phi) is 1.54. The van der Waals surface area contributed by atoms with Gasteiger partial charge >= 0.3 is 0 Å². The van der Waals surface area contributed by atoms with Crippen LogP contribution >= 0.6 is 0 Å². The van der Waals surface area contributed by atoms with Crippen molar-refractivity contribution in [3.8, 4) is 0 Å². The lowest BCUT2D eigenvalue weighted by Gasteiger charge is -2.35. The van der Waals surface area contributed by atoms with E-state index in [1.165, 1.54) is 19.3 Å². The molecule has 3 atom stereocenters. The van der Waals surface area contributed by atoms with Crippen LogP contribution in [0.1, 0.15) is 39.5 Å². The predicted molar refractivity (Wildman–Crippen MR) is 45.2 cm³/mol. The molecule has 0 heterocycles. The molecule has 2 rings (SSSR count). The van der Waals surface area contributed by atoms with Gasteiger partial charge in [0.15, 0.2) is 0 Å².